The van der Waals surface area contributed by atoms with E-state index in [2.05, 4.69) is 25.7 Å². The van der Waals surface area contributed by atoms with Crippen LogP contribution in [0.3, 0.4) is 0 Å². The van der Waals surface area contributed by atoms with Crippen LogP contribution in [0.1, 0.15) is 33.6 Å². The van der Waals surface area contributed by atoms with Gasteiger partial charge in [-0.1, -0.05) is 27.2 Å². The van der Waals surface area contributed by atoms with Crippen LogP contribution in [0.2, 0.25) is 0 Å². The summed E-state index contributed by atoms with van der Waals surface area (Å²) >= 11 is 6.07. The zero-order chi connectivity index (χ0) is 7.98. The van der Waals surface area contributed by atoms with E-state index in [4.69, 9.17) is 11.6 Å². The summed E-state index contributed by atoms with van der Waals surface area (Å²) in [7, 11) is 0. The van der Waals surface area contributed by atoms with Gasteiger partial charge < -0.3 is 5.48 Å². The maximum atomic E-state index is 6.07. The van der Waals surface area contributed by atoms with Gasteiger partial charge in [-0.2, -0.15) is 0 Å². The van der Waals surface area contributed by atoms with E-state index in [9.17, 15) is 0 Å². The van der Waals surface area contributed by atoms with Crippen LogP contribution in [0.5, 0.6) is 0 Å². The van der Waals surface area contributed by atoms with Gasteiger partial charge in [0.05, 0.1) is 5.50 Å². The summed E-state index contributed by atoms with van der Waals surface area (Å²) in [6.45, 7) is 8.58. The molecule has 0 fully saturated rings. The van der Waals surface area contributed by atoms with Crippen molar-refractivity contribution in [2.45, 2.75) is 39.1 Å². The van der Waals surface area contributed by atoms with Crippen LogP contribution in [0.15, 0.2) is 0 Å². The summed E-state index contributed by atoms with van der Waals surface area (Å²) in [5.74, 6) is 0. The molecular weight excluding hydrogens is 197 g/mol. The summed E-state index contributed by atoms with van der Waals surface area (Å²) < 4.78 is 0. The molecule has 0 aliphatic heterocycles. The fourth-order valence-electron chi connectivity index (χ4n) is 1.04. The van der Waals surface area contributed by atoms with E-state index >= 15 is 0 Å². The van der Waals surface area contributed by atoms with Gasteiger partial charge in [0.2, 0.25) is 0 Å². The Bertz CT molecular complexity index is 79.5. The van der Waals surface area contributed by atoms with Gasteiger partial charge in [-0.15, -0.1) is 24.0 Å². The molecule has 0 aromatic rings. The highest BCUT2D eigenvalue weighted by Gasteiger charge is 2.09. The first-order chi connectivity index (χ1) is 4.76. The number of hydrogen-bond donors (Lipinski definition) is 0. The van der Waals surface area contributed by atoms with Crippen molar-refractivity contribution in [1.29, 1.82) is 0 Å². The molecular formula is C8H21Cl2NO. The molecule has 0 saturated heterocycles. The fourth-order valence-corrected chi connectivity index (χ4v) is 1.53. The lowest BCUT2D eigenvalue weighted by Crippen LogP contribution is -2.30. The van der Waals surface area contributed by atoms with Crippen molar-refractivity contribution in [3.05, 3.63) is 0 Å². The van der Waals surface area contributed by atoms with E-state index in [1.54, 1.807) is 0 Å². The van der Waals surface area contributed by atoms with Crippen molar-refractivity contribution in [3.63, 3.8) is 0 Å². The molecule has 0 heterocycles. The minimum Gasteiger partial charge on any atom is -0.412 e. The SMILES string of the molecule is CCCC(Cl)N(CC)CC.Cl.O. The Labute approximate surface area is 87.0 Å². The molecule has 0 aromatic heterocycles. The van der Waals surface area contributed by atoms with Gasteiger partial charge in [0, 0.05) is 0 Å². The lowest BCUT2D eigenvalue weighted by Gasteiger charge is -2.23. The average Bonchev–Trinajstić information content (AvgIpc) is 1.91. The third-order valence-corrected chi connectivity index (χ3v) is 2.23. The smallest absolute Gasteiger partial charge is 0.0850 e. The molecule has 0 rings (SSSR count). The minimum absolute atomic E-state index is 0. The number of rotatable bonds is 5. The summed E-state index contributed by atoms with van der Waals surface area (Å²) in [5, 5.41) is 0. The van der Waals surface area contributed by atoms with E-state index in [1.807, 2.05) is 0 Å². The van der Waals surface area contributed by atoms with Crippen molar-refractivity contribution in [2.24, 2.45) is 0 Å². The Balaban J connectivity index is -0.000000405. The molecule has 0 spiro atoms. The lowest BCUT2D eigenvalue weighted by molar-refractivity contribution is 0.268. The van der Waals surface area contributed by atoms with Crippen LogP contribution >= 0.6 is 24.0 Å². The molecule has 0 aromatic carbocycles. The summed E-state index contributed by atoms with van der Waals surface area (Å²) in [5.41, 5.74) is 0.250. The highest BCUT2D eigenvalue weighted by molar-refractivity contribution is 6.20. The quantitative estimate of drug-likeness (QED) is 0.515. The van der Waals surface area contributed by atoms with Crippen molar-refractivity contribution in [1.82, 2.24) is 4.90 Å². The van der Waals surface area contributed by atoms with Crippen LogP contribution in [0, 0.1) is 0 Å². The maximum absolute atomic E-state index is 6.07. The minimum atomic E-state index is 0. The topological polar surface area (TPSA) is 34.7 Å². The number of hydrogen-bond acceptors (Lipinski definition) is 1. The van der Waals surface area contributed by atoms with Crippen LogP contribution in [-0.2, 0) is 0 Å². The van der Waals surface area contributed by atoms with Gasteiger partial charge in [0.15, 0.2) is 0 Å². The fraction of sp³-hybridized carbons (Fsp3) is 1.00. The van der Waals surface area contributed by atoms with Gasteiger partial charge >= 0.3 is 0 Å². The first kappa shape index (κ1) is 18.3. The van der Waals surface area contributed by atoms with Crippen LogP contribution < -0.4 is 0 Å². The highest BCUT2D eigenvalue weighted by atomic mass is 35.5. The van der Waals surface area contributed by atoms with E-state index in [-0.39, 0.29) is 23.4 Å². The molecule has 2 nitrogen and oxygen atoms in total. The Kier molecular flexibility index (Phi) is 17.6. The van der Waals surface area contributed by atoms with E-state index in [1.165, 1.54) is 6.42 Å². The predicted molar refractivity (Wildman–Crippen MR) is 58.3 cm³/mol. The average molecular weight is 218 g/mol. The molecule has 0 aliphatic carbocycles. The number of alkyl halides is 1. The molecule has 0 amide bonds. The third-order valence-electron chi connectivity index (χ3n) is 1.74. The van der Waals surface area contributed by atoms with Gasteiger partial charge in [-0.3, -0.25) is 4.90 Å². The molecule has 1 unspecified atom stereocenters. The van der Waals surface area contributed by atoms with E-state index < -0.39 is 0 Å². The van der Waals surface area contributed by atoms with Crippen molar-refractivity contribution in [2.75, 3.05) is 13.1 Å². The third kappa shape index (κ3) is 7.17. The standard InChI is InChI=1S/C8H18ClN.ClH.H2O/c1-4-7-8(9)10(5-2)6-3;;/h8H,4-7H2,1-3H3;1H;1H2. The summed E-state index contributed by atoms with van der Waals surface area (Å²) in [4.78, 5) is 2.27. The largest absolute Gasteiger partial charge is 0.412 e. The first-order valence-corrected chi connectivity index (χ1v) is 4.57. The van der Waals surface area contributed by atoms with Gasteiger partial charge in [0.1, 0.15) is 0 Å². The molecule has 0 bridgehead atoms. The maximum Gasteiger partial charge on any atom is 0.0850 e. The molecule has 78 valence electrons. The zero-order valence-electron chi connectivity index (χ0n) is 8.14. The van der Waals surface area contributed by atoms with Crippen molar-refractivity contribution >= 4 is 24.0 Å². The van der Waals surface area contributed by atoms with Crippen molar-refractivity contribution < 1.29 is 5.48 Å². The second-order valence-electron chi connectivity index (χ2n) is 2.44. The monoisotopic (exact) mass is 217 g/mol. The summed E-state index contributed by atoms with van der Waals surface area (Å²) in [6, 6.07) is 0. The molecule has 1 atom stereocenters. The predicted octanol–water partition coefficient (Wildman–Crippen LogP) is 2.29. The zero-order valence-corrected chi connectivity index (χ0v) is 9.71. The Morgan fingerprint density at radius 3 is 1.83 bits per heavy atom. The van der Waals surface area contributed by atoms with Crippen LogP contribution in [0.4, 0.5) is 0 Å². The van der Waals surface area contributed by atoms with Crippen LogP contribution in [-0.4, -0.2) is 29.0 Å². The first-order valence-electron chi connectivity index (χ1n) is 4.14. The van der Waals surface area contributed by atoms with Gasteiger partial charge in [-0.05, 0) is 19.5 Å². The molecule has 0 aliphatic rings. The molecule has 2 N–H and O–H groups in total. The molecule has 0 saturated carbocycles. The highest BCUT2D eigenvalue weighted by Crippen LogP contribution is 2.09. The second kappa shape index (κ2) is 11.5. The number of nitrogens with zero attached hydrogens (tertiary/aromatic N) is 1. The number of halogens is 2. The van der Waals surface area contributed by atoms with E-state index in [0.717, 1.165) is 19.5 Å². The van der Waals surface area contributed by atoms with Crippen molar-refractivity contribution in [3.8, 4) is 0 Å². The second-order valence-corrected chi connectivity index (χ2v) is 2.95. The normalized spacial score (nSPS) is 11.8. The Morgan fingerprint density at radius 2 is 1.58 bits per heavy atom. The van der Waals surface area contributed by atoms with Gasteiger partial charge in [0.25, 0.3) is 0 Å². The molecule has 12 heavy (non-hydrogen) atoms. The van der Waals surface area contributed by atoms with E-state index in [0.29, 0.717) is 0 Å². The van der Waals surface area contributed by atoms with Gasteiger partial charge in [-0.25, -0.2) is 0 Å². The Hall–Kier alpha value is 0.500. The lowest BCUT2D eigenvalue weighted by atomic mass is 10.3. The Morgan fingerprint density at radius 1 is 1.17 bits per heavy atom. The molecule has 0 radical (unpaired) electrons. The molecule has 4 heteroatoms. The van der Waals surface area contributed by atoms with Crippen LogP contribution in [0.25, 0.3) is 0 Å². The summed E-state index contributed by atoms with van der Waals surface area (Å²) in [6.07, 6.45) is 2.27.